The molecule has 16 heavy (non-hydrogen) atoms. The van der Waals surface area contributed by atoms with E-state index in [9.17, 15) is 4.79 Å². The van der Waals surface area contributed by atoms with E-state index in [4.69, 9.17) is 4.74 Å². The Kier molecular flexibility index (Phi) is 3.57. The Morgan fingerprint density at radius 2 is 1.88 bits per heavy atom. The van der Waals surface area contributed by atoms with Gasteiger partial charge in [-0.1, -0.05) is 30.3 Å². The van der Waals surface area contributed by atoms with Crippen LogP contribution in [0.15, 0.2) is 30.3 Å². The van der Waals surface area contributed by atoms with Crippen LogP contribution < -0.4 is 0 Å². The quantitative estimate of drug-likeness (QED) is 0.778. The first-order valence-electron chi connectivity index (χ1n) is 5.69. The Bertz CT molecular complexity index is 344. The van der Waals surface area contributed by atoms with Crippen molar-refractivity contribution in [2.45, 2.75) is 18.9 Å². The van der Waals surface area contributed by atoms with Crippen molar-refractivity contribution in [3.05, 3.63) is 35.9 Å². The summed E-state index contributed by atoms with van der Waals surface area (Å²) < 4.78 is 5.32. The van der Waals surface area contributed by atoms with Gasteiger partial charge in [0, 0.05) is 20.2 Å². The first-order valence-corrected chi connectivity index (χ1v) is 5.69. The summed E-state index contributed by atoms with van der Waals surface area (Å²) in [7, 11) is 1.59. The number of benzene rings is 1. The van der Waals surface area contributed by atoms with Gasteiger partial charge >= 0.3 is 0 Å². The van der Waals surface area contributed by atoms with Crippen molar-refractivity contribution in [2.24, 2.45) is 0 Å². The maximum atomic E-state index is 12.2. The molecule has 1 heterocycles. The lowest BCUT2D eigenvalue weighted by Gasteiger charge is -2.22. The molecular formula is C13H17NO2. The van der Waals surface area contributed by atoms with E-state index in [1.54, 1.807) is 7.11 Å². The molecule has 0 radical (unpaired) electrons. The number of methoxy groups -OCH3 is 1. The molecule has 86 valence electrons. The van der Waals surface area contributed by atoms with Gasteiger partial charge < -0.3 is 9.64 Å². The zero-order chi connectivity index (χ0) is 11.4. The molecule has 0 spiro atoms. The van der Waals surface area contributed by atoms with Crippen LogP contribution in [0, 0.1) is 0 Å². The first-order chi connectivity index (χ1) is 7.83. The number of amides is 1. The molecule has 3 heteroatoms. The van der Waals surface area contributed by atoms with Crippen LogP contribution in [0.5, 0.6) is 0 Å². The minimum absolute atomic E-state index is 0.0891. The summed E-state index contributed by atoms with van der Waals surface area (Å²) in [5.74, 6) is 0.0891. The molecule has 3 nitrogen and oxygen atoms in total. The number of ether oxygens (including phenoxy) is 1. The van der Waals surface area contributed by atoms with E-state index < -0.39 is 6.10 Å². The van der Waals surface area contributed by atoms with Gasteiger partial charge in [-0.2, -0.15) is 0 Å². The number of rotatable bonds is 3. The normalized spacial score (nSPS) is 17.4. The van der Waals surface area contributed by atoms with Gasteiger partial charge in [-0.25, -0.2) is 0 Å². The smallest absolute Gasteiger partial charge is 0.256 e. The van der Waals surface area contributed by atoms with Crippen molar-refractivity contribution in [3.8, 4) is 0 Å². The van der Waals surface area contributed by atoms with Gasteiger partial charge in [-0.05, 0) is 18.4 Å². The maximum absolute atomic E-state index is 12.2. The van der Waals surface area contributed by atoms with Crippen LogP contribution in [-0.4, -0.2) is 31.0 Å². The van der Waals surface area contributed by atoms with Gasteiger partial charge in [0.15, 0.2) is 6.10 Å². The highest BCUT2D eigenvalue weighted by atomic mass is 16.5. The van der Waals surface area contributed by atoms with E-state index in [-0.39, 0.29) is 5.91 Å². The third-order valence-corrected chi connectivity index (χ3v) is 2.98. The van der Waals surface area contributed by atoms with Gasteiger partial charge in [0.25, 0.3) is 5.91 Å². The van der Waals surface area contributed by atoms with Gasteiger partial charge in [-0.15, -0.1) is 0 Å². The average molecular weight is 219 g/mol. The SMILES string of the molecule is CO[C@H](C(=O)N1CCCC1)c1ccccc1. The number of hydrogen-bond acceptors (Lipinski definition) is 2. The second-order valence-corrected chi connectivity index (χ2v) is 4.06. The lowest BCUT2D eigenvalue weighted by Crippen LogP contribution is -2.33. The van der Waals surface area contributed by atoms with E-state index in [0.717, 1.165) is 31.5 Å². The third-order valence-electron chi connectivity index (χ3n) is 2.98. The van der Waals surface area contributed by atoms with Crippen LogP contribution in [0.1, 0.15) is 24.5 Å². The lowest BCUT2D eigenvalue weighted by atomic mass is 10.1. The molecule has 1 aliphatic rings. The fourth-order valence-corrected chi connectivity index (χ4v) is 2.11. The molecule has 0 N–H and O–H groups in total. The largest absolute Gasteiger partial charge is 0.367 e. The predicted octanol–water partition coefficient (Wildman–Crippen LogP) is 2.00. The number of likely N-dealkylation sites (tertiary alicyclic amines) is 1. The number of carbonyl (C=O) groups is 1. The van der Waals surface area contributed by atoms with E-state index in [1.165, 1.54) is 0 Å². The van der Waals surface area contributed by atoms with Crippen molar-refractivity contribution in [1.82, 2.24) is 4.90 Å². The Hall–Kier alpha value is -1.35. The average Bonchev–Trinajstić information content (AvgIpc) is 2.85. The monoisotopic (exact) mass is 219 g/mol. The lowest BCUT2D eigenvalue weighted by molar-refractivity contribution is -0.141. The molecule has 1 aromatic carbocycles. The summed E-state index contributed by atoms with van der Waals surface area (Å²) in [4.78, 5) is 14.1. The number of nitrogens with zero attached hydrogens (tertiary/aromatic N) is 1. The minimum atomic E-state index is -0.445. The second-order valence-electron chi connectivity index (χ2n) is 4.06. The van der Waals surface area contributed by atoms with E-state index in [0.29, 0.717) is 0 Å². The van der Waals surface area contributed by atoms with E-state index in [1.807, 2.05) is 35.2 Å². The summed E-state index contributed by atoms with van der Waals surface area (Å²) in [5, 5.41) is 0. The van der Waals surface area contributed by atoms with Crippen LogP contribution in [0.3, 0.4) is 0 Å². The van der Waals surface area contributed by atoms with Crippen LogP contribution in [0.25, 0.3) is 0 Å². The fourth-order valence-electron chi connectivity index (χ4n) is 2.11. The molecule has 0 aromatic heterocycles. The third kappa shape index (κ3) is 2.25. The van der Waals surface area contributed by atoms with Crippen LogP contribution >= 0.6 is 0 Å². The molecular weight excluding hydrogens is 202 g/mol. The molecule has 1 amide bonds. The summed E-state index contributed by atoms with van der Waals surface area (Å²) in [6.07, 6.45) is 1.77. The fraction of sp³-hybridized carbons (Fsp3) is 0.462. The van der Waals surface area contributed by atoms with Crippen LogP contribution in [0.2, 0.25) is 0 Å². The zero-order valence-corrected chi connectivity index (χ0v) is 9.56. The summed E-state index contributed by atoms with van der Waals surface area (Å²) in [6, 6.07) is 9.66. The molecule has 1 atom stereocenters. The van der Waals surface area contributed by atoms with Gasteiger partial charge in [0.1, 0.15) is 0 Å². The molecule has 1 aliphatic heterocycles. The van der Waals surface area contributed by atoms with Gasteiger partial charge in [0.05, 0.1) is 0 Å². The van der Waals surface area contributed by atoms with Crippen LogP contribution in [0.4, 0.5) is 0 Å². The highest BCUT2D eigenvalue weighted by Gasteiger charge is 2.27. The Balaban J connectivity index is 2.13. The number of carbonyl (C=O) groups excluding carboxylic acids is 1. The summed E-state index contributed by atoms with van der Waals surface area (Å²) in [5.41, 5.74) is 0.932. The first kappa shape index (κ1) is 11.1. The molecule has 0 unspecified atom stereocenters. The molecule has 0 saturated carbocycles. The molecule has 0 bridgehead atoms. The standard InChI is InChI=1S/C13H17NO2/c1-16-12(11-7-3-2-4-8-11)13(15)14-9-5-6-10-14/h2-4,7-8,12H,5-6,9-10H2,1H3/t12-/m0/s1. The Labute approximate surface area is 96.0 Å². The topological polar surface area (TPSA) is 29.5 Å². The van der Waals surface area contributed by atoms with Crippen molar-refractivity contribution in [2.75, 3.05) is 20.2 Å². The Morgan fingerprint density at radius 1 is 1.25 bits per heavy atom. The van der Waals surface area contributed by atoms with Crippen molar-refractivity contribution in [3.63, 3.8) is 0 Å². The summed E-state index contributed by atoms with van der Waals surface area (Å²) >= 11 is 0. The number of hydrogen-bond donors (Lipinski definition) is 0. The van der Waals surface area contributed by atoms with Crippen molar-refractivity contribution < 1.29 is 9.53 Å². The van der Waals surface area contributed by atoms with Crippen molar-refractivity contribution >= 4 is 5.91 Å². The second kappa shape index (κ2) is 5.12. The minimum Gasteiger partial charge on any atom is -0.367 e. The highest BCUT2D eigenvalue weighted by Crippen LogP contribution is 2.21. The van der Waals surface area contributed by atoms with E-state index >= 15 is 0 Å². The predicted molar refractivity (Wildman–Crippen MR) is 62.0 cm³/mol. The summed E-state index contributed by atoms with van der Waals surface area (Å²) in [6.45, 7) is 1.73. The Morgan fingerprint density at radius 3 is 2.44 bits per heavy atom. The van der Waals surface area contributed by atoms with Crippen molar-refractivity contribution in [1.29, 1.82) is 0 Å². The molecule has 1 saturated heterocycles. The molecule has 2 rings (SSSR count). The maximum Gasteiger partial charge on any atom is 0.256 e. The molecule has 0 aliphatic carbocycles. The van der Waals surface area contributed by atoms with Gasteiger partial charge in [0.2, 0.25) is 0 Å². The van der Waals surface area contributed by atoms with Crippen LogP contribution in [-0.2, 0) is 9.53 Å². The zero-order valence-electron chi connectivity index (χ0n) is 9.56. The highest BCUT2D eigenvalue weighted by molar-refractivity contribution is 5.82. The molecule has 1 fully saturated rings. The van der Waals surface area contributed by atoms with E-state index in [2.05, 4.69) is 0 Å². The molecule has 1 aromatic rings. The van der Waals surface area contributed by atoms with Gasteiger partial charge in [-0.3, -0.25) is 4.79 Å².